The number of rotatable bonds is 4. The average Bonchev–Trinajstić information content (AvgIpc) is 3.06. The molecule has 0 bridgehead atoms. The Balaban J connectivity index is 1.85. The summed E-state index contributed by atoms with van der Waals surface area (Å²) in [6.45, 7) is -1.21. The SMILES string of the molecule is O=C(Cl)N1CC(c2ccc(F)cc2)C(c2ccc(OCC(F)(F)F)cc2)=N1. The van der Waals surface area contributed by atoms with Crippen molar-refractivity contribution < 1.29 is 27.1 Å². The van der Waals surface area contributed by atoms with Crippen molar-refractivity contribution in [2.45, 2.75) is 12.1 Å². The molecule has 1 aliphatic heterocycles. The number of alkyl halides is 3. The van der Waals surface area contributed by atoms with E-state index in [4.69, 9.17) is 11.6 Å². The highest BCUT2D eigenvalue weighted by Crippen LogP contribution is 2.30. The van der Waals surface area contributed by atoms with Crippen LogP contribution in [0.4, 0.5) is 22.4 Å². The third kappa shape index (κ3) is 4.77. The molecule has 3 rings (SSSR count). The highest BCUT2D eigenvalue weighted by atomic mass is 35.5. The topological polar surface area (TPSA) is 41.9 Å². The second-order valence-corrected chi connectivity index (χ2v) is 6.18. The van der Waals surface area contributed by atoms with Crippen LogP contribution in [-0.2, 0) is 0 Å². The molecular formula is C18H13ClF4N2O2. The van der Waals surface area contributed by atoms with E-state index in [1.807, 2.05) is 0 Å². The molecule has 27 heavy (non-hydrogen) atoms. The second kappa shape index (κ2) is 7.56. The van der Waals surface area contributed by atoms with Crippen LogP contribution in [0, 0.1) is 5.82 Å². The van der Waals surface area contributed by atoms with Crippen molar-refractivity contribution in [1.82, 2.24) is 5.01 Å². The largest absolute Gasteiger partial charge is 0.484 e. The molecule has 0 aliphatic carbocycles. The van der Waals surface area contributed by atoms with Gasteiger partial charge in [-0.15, -0.1) is 0 Å². The lowest BCUT2D eigenvalue weighted by Gasteiger charge is -2.14. The van der Waals surface area contributed by atoms with Crippen molar-refractivity contribution in [2.75, 3.05) is 13.2 Å². The summed E-state index contributed by atoms with van der Waals surface area (Å²) in [7, 11) is 0. The number of hydrogen-bond donors (Lipinski definition) is 0. The van der Waals surface area contributed by atoms with Gasteiger partial charge in [-0.05, 0) is 59.1 Å². The molecule has 9 heteroatoms. The van der Waals surface area contributed by atoms with E-state index < -0.39 is 24.0 Å². The molecule has 1 aliphatic rings. The molecule has 1 amide bonds. The smallest absolute Gasteiger partial charge is 0.422 e. The van der Waals surface area contributed by atoms with Gasteiger partial charge in [0.25, 0.3) is 0 Å². The maximum absolute atomic E-state index is 13.2. The Morgan fingerprint density at radius 2 is 1.78 bits per heavy atom. The fourth-order valence-electron chi connectivity index (χ4n) is 2.72. The van der Waals surface area contributed by atoms with Crippen LogP contribution in [0.3, 0.4) is 0 Å². The Kier molecular flexibility index (Phi) is 5.36. The van der Waals surface area contributed by atoms with E-state index >= 15 is 0 Å². The van der Waals surface area contributed by atoms with E-state index in [1.165, 1.54) is 24.3 Å². The first-order valence-electron chi connectivity index (χ1n) is 7.84. The third-order valence-corrected chi connectivity index (χ3v) is 4.14. The van der Waals surface area contributed by atoms with Gasteiger partial charge < -0.3 is 4.74 Å². The molecular weight excluding hydrogens is 388 g/mol. The molecule has 1 atom stereocenters. The lowest BCUT2D eigenvalue weighted by molar-refractivity contribution is -0.153. The predicted molar refractivity (Wildman–Crippen MR) is 91.6 cm³/mol. The minimum Gasteiger partial charge on any atom is -0.484 e. The molecule has 142 valence electrons. The summed E-state index contributed by atoms with van der Waals surface area (Å²) in [4.78, 5) is 11.5. The van der Waals surface area contributed by atoms with Crippen molar-refractivity contribution in [3.05, 3.63) is 65.5 Å². The van der Waals surface area contributed by atoms with Crippen molar-refractivity contribution in [2.24, 2.45) is 5.10 Å². The van der Waals surface area contributed by atoms with E-state index in [0.29, 0.717) is 11.3 Å². The molecule has 0 saturated heterocycles. The summed E-state index contributed by atoms with van der Waals surface area (Å²) < 4.78 is 54.6. The highest BCUT2D eigenvalue weighted by molar-refractivity contribution is 6.62. The molecule has 0 fully saturated rings. The minimum absolute atomic E-state index is 0.0540. The van der Waals surface area contributed by atoms with Gasteiger partial charge in [0, 0.05) is 5.92 Å². The van der Waals surface area contributed by atoms with Gasteiger partial charge in [0.15, 0.2) is 6.61 Å². The van der Waals surface area contributed by atoms with Crippen molar-refractivity contribution in [1.29, 1.82) is 0 Å². The first-order chi connectivity index (χ1) is 12.7. The number of hydrogen-bond acceptors (Lipinski definition) is 3. The van der Waals surface area contributed by atoms with Crippen LogP contribution in [-0.4, -0.2) is 35.4 Å². The van der Waals surface area contributed by atoms with E-state index in [2.05, 4.69) is 9.84 Å². The third-order valence-electron chi connectivity index (χ3n) is 3.94. The fraction of sp³-hybridized carbons (Fsp3) is 0.222. The van der Waals surface area contributed by atoms with Crippen LogP contribution in [0.25, 0.3) is 0 Å². The Morgan fingerprint density at radius 3 is 2.33 bits per heavy atom. The summed E-state index contributed by atoms with van der Waals surface area (Å²) in [6.07, 6.45) is -4.43. The average molecular weight is 401 g/mol. The van der Waals surface area contributed by atoms with Gasteiger partial charge >= 0.3 is 11.5 Å². The molecule has 2 aromatic rings. The van der Waals surface area contributed by atoms with Crippen LogP contribution >= 0.6 is 11.6 Å². The zero-order valence-corrected chi connectivity index (χ0v) is 14.5. The molecule has 0 spiro atoms. The predicted octanol–water partition coefficient (Wildman–Crippen LogP) is 4.93. The zero-order chi connectivity index (χ0) is 19.6. The normalized spacial score (nSPS) is 17.0. The minimum atomic E-state index is -4.43. The first kappa shape index (κ1) is 19.2. The number of nitrogens with zero attached hydrogens (tertiary/aromatic N) is 2. The summed E-state index contributed by atoms with van der Waals surface area (Å²) in [5, 5.41) is 4.53. The van der Waals surface area contributed by atoms with Crippen LogP contribution in [0.5, 0.6) is 5.75 Å². The van der Waals surface area contributed by atoms with Gasteiger partial charge in [-0.25, -0.2) is 9.40 Å². The molecule has 0 N–H and O–H groups in total. The van der Waals surface area contributed by atoms with Crippen LogP contribution in [0.1, 0.15) is 17.0 Å². The first-order valence-corrected chi connectivity index (χ1v) is 8.22. The monoisotopic (exact) mass is 400 g/mol. The fourth-order valence-corrected chi connectivity index (χ4v) is 2.82. The molecule has 0 aromatic heterocycles. The van der Waals surface area contributed by atoms with Crippen molar-refractivity contribution >= 4 is 22.7 Å². The van der Waals surface area contributed by atoms with Gasteiger partial charge in [0.2, 0.25) is 0 Å². The molecule has 0 radical (unpaired) electrons. The Bertz CT molecular complexity index is 851. The standard InChI is InChI=1S/C18H13ClF4N2O2/c19-17(26)25-9-15(11-1-5-13(20)6-2-11)16(24-25)12-3-7-14(8-4-12)27-10-18(21,22)23/h1-8,15H,9-10H2. The summed E-state index contributed by atoms with van der Waals surface area (Å²) in [5.74, 6) is -0.694. The number of carbonyl (C=O) groups is 1. The molecule has 4 nitrogen and oxygen atoms in total. The van der Waals surface area contributed by atoms with Gasteiger partial charge in [-0.2, -0.15) is 18.3 Å². The van der Waals surface area contributed by atoms with E-state index in [9.17, 15) is 22.4 Å². The maximum atomic E-state index is 13.2. The number of carbonyl (C=O) groups excluding carboxylic acids is 1. The second-order valence-electron chi connectivity index (χ2n) is 5.85. The van der Waals surface area contributed by atoms with Gasteiger partial charge in [0.05, 0.1) is 12.3 Å². The van der Waals surface area contributed by atoms with E-state index in [-0.39, 0.29) is 18.2 Å². The van der Waals surface area contributed by atoms with Crippen LogP contribution in [0.2, 0.25) is 0 Å². The number of hydrazone groups is 1. The van der Waals surface area contributed by atoms with Gasteiger partial charge in [-0.3, -0.25) is 4.79 Å². The number of amides is 1. The van der Waals surface area contributed by atoms with Crippen LogP contribution in [0.15, 0.2) is 53.6 Å². The molecule has 1 unspecified atom stereocenters. The van der Waals surface area contributed by atoms with E-state index in [0.717, 1.165) is 10.6 Å². The molecule has 0 saturated carbocycles. The van der Waals surface area contributed by atoms with Crippen molar-refractivity contribution in [3.63, 3.8) is 0 Å². The Morgan fingerprint density at radius 1 is 1.15 bits per heavy atom. The molecule has 1 heterocycles. The van der Waals surface area contributed by atoms with Crippen molar-refractivity contribution in [3.8, 4) is 5.75 Å². The number of benzene rings is 2. The summed E-state index contributed by atoms with van der Waals surface area (Å²) in [5.41, 5.74) is 1.81. The number of halogens is 5. The number of ether oxygens (including phenoxy) is 1. The van der Waals surface area contributed by atoms with E-state index in [1.54, 1.807) is 24.3 Å². The summed E-state index contributed by atoms with van der Waals surface area (Å²) in [6, 6.07) is 11.6. The maximum Gasteiger partial charge on any atom is 0.422 e. The van der Waals surface area contributed by atoms with Gasteiger partial charge in [-0.1, -0.05) is 12.1 Å². The molecule has 2 aromatic carbocycles. The Hall–Kier alpha value is -2.61. The van der Waals surface area contributed by atoms with Gasteiger partial charge in [0.1, 0.15) is 11.6 Å². The van der Waals surface area contributed by atoms with Crippen LogP contribution < -0.4 is 4.74 Å². The lowest BCUT2D eigenvalue weighted by Crippen LogP contribution is -2.20. The highest BCUT2D eigenvalue weighted by Gasteiger charge is 2.32. The lowest BCUT2D eigenvalue weighted by atomic mass is 9.90. The quantitative estimate of drug-likeness (QED) is 0.415. The summed E-state index contributed by atoms with van der Waals surface area (Å²) >= 11 is 5.52. The zero-order valence-electron chi connectivity index (χ0n) is 13.7. The Labute approximate surface area is 157 Å².